The molecule has 0 bridgehead atoms. The third-order valence-electron chi connectivity index (χ3n) is 1.70. The highest BCUT2D eigenvalue weighted by Gasteiger charge is 1.90. The molecule has 0 aromatic heterocycles. The maximum Gasteiger partial charge on any atom is 0.214 e. The van der Waals surface area contributed by atoms with Crippen molar-refractivity contribution in [3.05, 3.63) is 22.3 Å². The van der Waals surface area contributed by atoms with Gasteiger partial charge in [0.15, 0.2) is 0 Å². The van der Waals surface area contributed by atoms with Gasteiger partial charge in [0.2, 0.25) is 6.54 Å². The molecule has 0 saturated heterocycles. The zero-order valence-corrected chi connectivity index (χ0v) is 8.71. The average Bonchev–Trinajstić information content (AvgIpc) is 2.08. The quantitative estimate of drug-likeness (QED) is 0.215. The van der Waals surface area contributed by atoms with Gasteiger partial charge in [-0.3, -0.25) is 10.1 Å². The van der Waals surface area contributed by atoms with Crippen LogP contribution in [0.3, 0.4) is 0 Å². The topological polar surface area (TPSA) is 43.1 Å². The fourth-order valence-corrected chi connectivity index (χ4v) is 0.964. The molecule has 0 saturated carbocycles. The van der Waals surface area contributed by atoms with E-state index in [1.807, 2.05) is 6.92 Å². The first-order chi connectivity index (χ1) is 6.63. The van der Waals surface area contributed by atoms with Crippen molar-refractivity contribution < 1.29 is 4.92 Å². The number of nitro groups is 1. The van der Waals surface area contributed by atoms with E-state index in [1.54, 1.807) is 0 Å². The second kappa shape index (κ2) is 8.31. The predicted molar refractivity (Wildman–Crippen MR) is 57.5 cm³/mol. The highest BCUT2D eigenvalue weighted by molar-refractivity contribution is 4.98. The van der Waals surface area contributed by atoms with Crippen LogP contribution in [0.25, 0.3) is 0 Å². The van der Waals surface area contributed by atoms with Crippen LogP contribution in [0.5, 0.6) is 0 Å². The molecule has 0 atom stereocenters. The van der Waals surface area contributed by atoms with Gasteiger partial charge in [0, 0.05) is 11.3 Å². The Morgan fingerprint density at radius 1 is 1.36 bits per heavy atom. The van der Waals surface area contributed by atoms with Gasteiger partial charge in [-0.05, 0) is 26.2 Å². The minimum Gasteiger partial charge on any atom is -0.265 e. The van der Waals surface area contributed by atoms with Crippen molar-refractivity contribution in [2.75, 3.05) is 6.54 Å². The average molecular weight is 195 g/mol. The molecule has 0 radical (unpaired) electrons. The maximum absolute atomic E-state index is 9.94. The van der Waals surface area contributed by atoms with Crippen molar-refractivity contribution in [2.24, 2.45) is 0 Å². The summed E-state index contributed by atoms with van der Waals surface area (Å²) in [5.41, 5.74) is 1.20. The fraction of sp³-hybridized carbons (Fsp3) is 0.636. The van der Waals surface area contributed by atoms with E-state index in [4.69, 9.17) is 0 Å². The molecule has 0 aromatic rings. The van der Waals surface area contributed by atoms with E-state index in [2.05, 4.69) is 18.4 Å². The third kappa shape index (κ3) is 10.7. The number of rotatable bonds is 6. The Balaban J connectivity index is 3.26. The van der Waals surface area contributed by atoms with Crippen LogP contribution in [-0.4, -0.2) is 11.5 Å². The van der Waals surface area contributed by atoms with Gasteiger partial charge in [-0.2, -0.15) is 0 Å². The van der Waals surface area contributed by atoms with Crippen molar-refractivity contribution in [3.8, 4) is 11.8 Å². The molecule has 14 heavy (non-hydrogen) atoms. The molecule has 78 valence electrons. The molecule has 0 aliphatic carbocycles. The Bertz CT molecular complexity index is 248. The zero-order valence-electron chi connectivity index (χ0n) is 8.71. The molecule has 0 amide bonds. The highest BCUT2D eigenvalue weighted by atomic mass is 16.6. The van der Waals surface area contributed by atoms with Gasteiger partial charge < -0.3 is 0 Å². The summed E-state index contributed by atoms with van der Waals surface area (Å²) in [7, 11) is 0. The lowest BCUT2D eigenvalue weighted by Crippen LogP contribution is -1.98. The summed E-state index contributed by atoms with van der Waals surface area (Å²) in [5.74, 6) is 5.72. The second-order valence-corrected chi connectivity index (χ2v) is 3.32. The first kappa shape index (κ1) is 12.7. The molecule has 0 spiro atoms. The van der Waals surface area contributed by atoms with Gasteiger partial charge in [0.25, 0.3) is 0 Å². The Morgan fingerprint density at radius 3 is 2.57 bits per heavy atom. The normalized spacial score (nSPS) is 8.93. The number of unbranched alkanes of at least 4 members (excludes halogenated alkanes) is 2. The molecule has 0 aliphatic heterocycles. The minimum atomic E-state index is -0.338. The van der Waals surface area contributed by atoms with Gasteiger partial charge in [-0.25, -0.2) is 0 Å². The van der Waals surface area contributed by atoms with E-state index < -0.39 is 0 Å². The van der Waals surface area contributed by atoms with Crippen molar-refractivity contribution in [2.45, 2.75) is 39.0 Å². The molecule has 0 unspecified atom stereocenters. The molecule has 0 rings (SSSR count). The summed E-state index contributed by atoms with van der Waals surface area (Å²) in [5, 5.41) is 9.94. The summed E-state index contributed by atoms with van der Waals surface area (Å²) < 4.78 is 0. The first-order valence-electron chi connectivity index (χ1n) is 4.85. The standard InChI is InChI=1S/C11H17NO2/c1-11(2)9-7-5-3-4-6-8-10-12(13)14/h1,3,5,7-10H2,2H3. The first-order valence-corrected chi connectivity index (χ1v) is 4.85. The van der Waals surface area contributed by atoms with Crippen LogP contribution in [0.2, 0.25) is 0 Å². The molecule has 0 N–H and O–H groups in total. The lowest BCUT2D eigenvalue weighted by molar-refractivity contribution is -0.478. The number of hydrogen-bond acceptors (Lipinski definition) is 2. The lowest BCUT2D eigenvalue weighted by Gasteiger charge is -1.95. The van der Waals surface area contributed by atoms with E-state index >= 15 is 0 Å². The van der Waals surface area contributed by atoms with Crippen LogP contribution in [-0.2, 0) is 0 Å². The van der Waals surface area contributed by atoms with Gasteiger partial charge in [-0.15, -0.1) is 12.5 Å². The Hall–Kier alpha value is -1.30. The third-order valence-corrected chi connectivity index (χ3v) is 1.70. The van der Waals surface area contributed by atoms with Crippen LogP contribution in [0.4, 0.5) is 0 Å². The largest absolute Gasteiger partial charge is 0.265 e. The molecular weight excluding hydrogens is 178 g/mol. The predicted octanol–water partition coefficient (Wildman–Crippen LogP) is 2.79. The minimum absolute atomic E-state index is 0.0429. The second-order valence-electron chi connectivity index (χ2n) is 3.32. The summed E-state index contributed by atoms with van der Waals surface area (Å²) in [6.07, 6.45) is 4.42. The summed E-state index contributed by atoms with van der Waals surface area (Å²) in [4.78, 5) is 9.60. The molecule has 0 aromatic carbocycles. The Labute approximate surface area is 85.4 Å². The van der Waals surface area contributed by atoms with Gasteiger partial charge >= 0.3 is 0 Å². The van der Waals surface area contributed by atoms with E-state index in [0.29, 0.717) is 6.42 Å². The number of hydrogen-bond donors (Lipinski definition) is 0. The monoisotopic (exact) mass is 195 g/mol. The molecule has 0 heterocycles. The number of nitrogens with zero attached hydrogens (tertiary/aromatic N) is 1. The van der Waals surface area contributed by atoms with Gasteiger partial charge in [0.1, 0.15) is 0 Å². The van der Waals surface area contributed by atoms with Gasteiger partial charge in [-0.1, -0.05) is 11.5 Å². The van der Waals surface area contributed by atoms with Crippen LogP contribution in [0.1, 0.15) is 39.0 Å². The summed E-state index contributed by atoms with van der Waals surface area (Å²) in [6.45, 7) is 5.78. The molecule has 0 aliphatic rings. The molecule has 3 heteroatoms. The highest BCUT2D eigenvalue weighted by Crippen LogP contribution is 2.04. The van der Waals surface area contributed by atoms with Crippen LogP contribution in [0, 0.1) is 22.0 Å². The maximum atomic E-state index is 9.94. The Morgan fingerprint density at radius 2 is 2.00 bits per heavy atom. The van der Waals surface area contributed by atoms with Crippen molar-refractivity contribution >= 4 is 0 Å². The van der Waals surface area contributed by atoms with Crippen molar-refractivity contribution in [3.63, 3.8) is 0 Å². The van der Waals surface area contributed by atoms with Crippen molar-refractivity contribution in [1.29, 1.82) is 0 Å². The van der Waals surface area contributed by atoms with Crippen LogP contribution < -0.4 is 0 Å². The van der Waals surface area contributed by atoms with Gasteiger partial charge in [0.05, 0.1) is 6.42 Å². The fourth-order valence-electron chi connectivity index (χ4n) is 0.964. The SMILES string of the molecule is C=C(C)CCCCC#CCC[N+](=O)[O-]. The zero-order chi connectivity index (χ0) is 10.8. The summed E-state index contributed by atoms with van der Waals surface area (Å²) >= 11 is 0. The summed E-state index contributed by atoms with van der Waals surface area (Å²) in [6, 6.07) is 0. The molecule has 3 nitrogen and oxygen atoms in total. The van der Waals surface area contributed by atoms with Crippen LogP contribution >= 0.6 is 0 Å². The van der Waals surface area contributed by atoms with E-state index in [0.717, 1.165) is 25.7 Å². The lowest BCUT2D eigenvalue weighted by atomic mass is 10.1. The van der Waals surface area contributed by atoms with Crippen molar-refractivity contribution in [1.82, 2.24) is 0 Å². The van der Waals surface area contributed by atoms with E-state index in [-0.39, 0.29) is 11.5 Å². The number of allylic oxidation sites excluding steroid dienone is 1. The molecular formula is C11H17NO2. The van der Waals surface area contributed by atoms with Crippen LogP contribution in [0.15, 0.2) is 12.2 Å². The van der Waals surface area contributed by atoms with E-state index in [9.17, 15) is 10.1 Å². The smallest absolute Gasteiger partial charge is 0.214 e. The Kier molecular flexibility index (Phi) is 7.53. The molecule has 0 fully saturated rings. The van der Waals surface area contributed by atoms with E-state index in [1.165, 1.54) is 5.57 Å².